The van der Waals surface area contributed by atoms with Crippen LogP contribution in [0.4, 0.5) is 0 Å². The zero-order valence-corrected chi connectivity index (χ0v) is 13.0. The Hall–Kier alpha value is -2.62. The van der Waals surface area contributed by atoms with Crippen LogP contribution in [-0.4, -0.2) is 16.9 Å². The zero-order valence-electron chi connectivity index (χ0n) is 13.0. The highest BCUT2D eigenvalue weighted by molar-refractivity contribution is 6.22. The number of hydrogen-bond acceptors (Lipinski definition) is 3. The van der Waals surface area contributed by atoms with E-state index in [2.05, 4.69) is 4.98 Å². The fourth-order valence-corrected chi connectivity index (χ4v) is 3.07. The Morgan fingerprint density at radius 3 is 2.32 bits per heavy atom. The highest BCUT2D eigenvalue weighted by Crippen LogP contribution is 2.36. The SMILES string of the molecule is CC(C)=C1C(=O)OC(=O)C1=C(C)c1c(C)[nH]c2ccccc12. The normalized spacial score (nSPS) is 17.2. The average molecular weight is 295 g/mol. The van der Waals surface area contributed by atoms with Crippen LogP contribution in [0.3, 0.4) is 0 Å². The molecule has 1 fully saturated rings. The van der Waals surface area contributed by atoms with Gasteiger partial charge in [0.25, 0.3) is 0 Å². The lowest BCUT2D eigenvalue weighted by molar-refractivity contribution is -0.149. The van der Waals surface area contributed by atoms with Crippen LogP contribution in [0.15, 0.2) is 41.0 Å². The highest BCUT2D eigenvalue weighted by atomic mass is 16.6. The molecular formula is C18H17NO3. The molecule has 1 saturated heterocycles. The first-order valence-electron chi connectivity index (χ1n) is 7.14. The van der Waals surface area contributed by atoms with Crippen LogP contribution >= 0.6 is 0 Å². The van der Waals surface area contributed by atoms with Crippen molar-refractivity contribution in [2.45, 2.75) is 27.7 Å². The summed E-state index contributed by atoms with van der Waals surface area (Å²) in [6.45, 7) is 7.44. The second-order valence-corrected chi connectivity index (χ2v) is 5.72. The molecule has 4 heteroatoms. The summed E-state index contributed by atoms with van der Waals surface area (Å²) in [7, 11) is 0. The van der Waals surface area contributed by atoms with Gasteiger partial charge in [0.2, 0.25) is 0 Å². The third kappa shape index (κ3) is 1.99. The second-order valence-electron chi connectivity index (χ2n) is 5.72. The molecule has 22 heavy (non-hydrogen) atoms. The monoisotopic (exact) mass is 295 g/mol. The molecule has 0 amide bonds. The molecule has 4 nitrogen and oxygen atoms in total. The van der Waals surface area contributed by atoms with Crippen LogP contribution in [0.25, 0.3) is 16.5 Å². The molecule has 0 atom stereocenters. The smallest absolute Gasteiger partial charge is 0.347 e. The summed E-state index contributed by atoms with van der Waals surface area (Å²) in [4.78, 5) is 27.4. The molecule has 2 aromatic rings. The van der Waals surface area contributed by atoms with Crippen LogP contribution in [-0.2, 0) is 14.3 Å². The fraction of sp³-hybridized carbons (Fsp3) is 0.222. The number of carbonyl (C=O) groups excluding carboxylic acids is 2. The number of allylic oxidation sites excluding steroid dienone is 2. The van der Waals surface area contributed by atoms with E-state index in [4.69, 9.17) is 4.74 Å². The van der Waals surface area contributed by atoms with Gasteiger partial charge in [-0.1, -0.05) is 23.8 Å². The van der Waals surface area contributed by atoms with E-state index in [-0.39, 0.29) is 0 Å². The number of carbonyl (C=O) groups is 2. The summed E-state index contributed by atoms with van der Waals surface area (Å²) in [6.07, 6.45) is 0. The highest BCUT2D eigenvalue weighted by Gasteiger charge is 2.36. The summed E-state index contributed by atoms with van der Waals surface area (Å²) in [5.41, 5.74) is 5.23. The molecule has 2 heterocycles. The van der Waals surface area contributed by atoms with Crippen molar-refractivity contribution >= 4 is 28.4 Å². The number of fused-ring (bicyclic) bond motifs is 1. The fourth-order valence-electron chi connectivity index (χ4n) is 3.07. The predicted octanol–water partition coefficient (Wildman–Crippen LogP) is 3.67. The van der Waals surface area contributed by atoms with Gasteiger partial charge in [0, 0.05) is 22.2 Å². The summed E-state index contributed by atoms with van der Waals surface area (Å²) >= 11 is 0. The first-order valence-corrected chi connectivity index (χ1v) is 7.14. The number of ether oxygens (including phenoxy) is 1. The number of aromatic amines is 1. The maximum absolute atomic E-state index is 12.1. The van der Waals surface area contributed by atoms with Gasteiger partial charge in [-0.25, -0.2) is 9.59 Å². The Kier molecular flexibility index (Phi) is 3.24. The second kappa shape index (κ2) is 4.98. The molecule has 3 rings (SSSR count). The van der Waals surface area contributed by atoms with Crippen LogP contribution in [0.5, 0.6) is 0 Å². The molecule has 0 spiro atoms. The number of hydrogen-bond donors (Lipinski definition) is 1. The lowest BCUT2D eigenvalue weighted by Gasteiger charge is -2.06. The maximum Gasteiger partial charge on any atom is 0.347 e. The number of esters is 2. The lowest BCUT2D eigenvalue weighted by atomic mass is 9.93. The van der Waals surface area contributed by atoms with E-state index in [0.29, 0.717) is 11.1 Å². The summed E-state index contributed by atoms with van der Waals surface area (Å²) < 4.78 is 4.82. The van der Waals surface area contributed by atoms with Gasteiger partial charge in [-0.2, -0.15) is 0 Å². The van der Waals surface area contributed by atoms with E-state index in [9.17, 15) is 9.59 Å². The van der Waals surface area contributed by atoms with E-state index in [0.717, 1.165) is 33.3 Å². The van der Waals surface area contributed by atoms with E-state index in [1.54, 1.807) is 0 Å². The van der Waals surface area contributed by atoms with Crippen molar-refractivity contribution < 1.29 is 14.3 Å². The minimum Gasteiger partial charge on any atom is -0.386 e. The molecule has 0 aliphatic carbocycles. The first-order chi connectivity index (χ1) is 10.4. The number of aryl methyl sites for hydroxylation is 1. The molecule has 1 aliphatic rings. The summed E-state index contributed by atoms with van der Waals surface area (Å²) in [5, 5.41) is 1.03. The number of para-hydroxylation sites is 1. The number of nitrogens with one attached hydrogen (secondary N) is 1. The predicted molar refractivity (Wildman–Crippen MR) is 85.1 cm³/mol. The number of rotatable bonds is 1. The summed E-state index contributed by atoms with van der Waals surface area (Å²) in [6, 6.07) is 7.91. The number of cyclic esters (lactones) is 2. The molecule has 1 aromatic carbocycles. The average Bonchev–Trinajstić information content (AvgIpc) is 2.93. The van der Waals surface area contributed by atoms with Gasteiger partial charge in [-0.05, 0) is 39.3 Å². The quantitative estimate of drug-likeness (QED) is 0.496. The minimum atomic E-state index is -0.566. The Morgan fingerprint density at radius 2 is 1.64 bits per heavy atom. The van der Waals surface area contributed by atoms with E-state index < -0.39 is 11.9 Å². The van der Waals surface area contributed by atoms with E-state index in [1.165, 1.54) is 0 Å². The van der Waals surface area contributed by atoms with Gasteiger partial charge in [0.15, 0.2) is 0 Å². The molecular weight excluding hydrogens is 278 g/mol. The van der Waals surface area contributed by atoms with Crippen molar-refractivity contribution in [1.29, 1.82) is 0 Å². The Balaban J connectivity index is 2.35. The van der Waals surface area contributed by atoms with Crippen molar-refractivity contribution in [2.24, 2.45) is 0 Å². The number of aromatic nitrogens is 1. The first kappa shape index (κ1) is 14.3. The molecule has 112 valence electrons. The standard InChI is InChI=1S/C18H17NO3/c1-9(2)14-16(18(21)22-17(14)20)10(3)15-11(4)19-13-8-6-5-7-12(13)15/h5-8,19H,1-4H3. The molecule has 1 aromatic heterocycles. The molecule has 1 N–H and O–H groups in total. The Morgan fingerprint density at radius 1 is 1.00 bits per heavy atom. The van der Waals surface area contributed by atoms with E-state index in [1.807, 2.05) is 52.0 Å². The van der Waals surface area contributed by atoms with Crippen LogP contribution in [0.2, 0.25) is 0 Å². The van der Waals surface area contributed by atoms with Gasteiger partial charge in [-0.15, -0.1) is 0 Å². The van der Waals surface area contributed by atoms with Gasteiger partial charge in [0.05, 0.1) is 11.1 Å². The van der Waals surface area contributed by atoms with Crippen molar-refractivity contribution in [2.75, 3.05) is 0 Å². The molecule has 0 radical (unpaired) electrons. The molecule has 0 unspecified atom stereocenters. The van der Waals surface area contributed by atoms with Crippen molar-refractivity contribution in [3.8, 4) is 0 Å². The van der Waals surface area contributed by atoms with Gasteiger partial charge in [0.1, 0.15) is 0 Å². The third-order valence-corrected chi connectivity index (χ3v) is 3.99. The molecule has 0 saturated carbocycles. The topological polar surface area (TPSA) is 59.2 Å². The molecule has 0 bridgehead atoms. The Bertz CT molecular complexity index is 877. The van der Waals surface area contributed by atoms with E-state index >= 15 is 0 Å². The largest absolute Gasteiger partial charge is 0.386 e. The van der Waals surface area contributed by atoms with Gasteiger partial charge < -0.3 is 9.72 Å². The van der Waals surface area contributed by atoms with Crippen LogP contribution in [0.1, 0.15) is 32.0 Å². The third-order valence-electron chi connectivity index (χ3n) is 3.99. The van der Waals surface area contributed by atoms with Crippen LogP contribution < -0.4 is 0 Å². The maximum atomic E-state index is 12.1. The minimum absolute atomic E-state index is 0.373. The van der Waals surface area contributed by atoms with Crippen molar-refractivity contribution in [3.05, 3.63) is 52.2 Å². The number of benzene rings is 1. The van der Waals surface area contributed by atoms with Crippen LogP contribution in [0, 0.1) is 6.92 Å². The zero-order chi connectivity index (χ0) is 16.0. The molecule has 1 aliphatic heterocycles. The Labute approximate surface area is 128 Å². The number of H-pyrrole nitrogens is 1. The van der Waals surface area contributed by atoms with Gasteiger partial charge >= 0.3 is 11.9 Å². The van der Waals surface area contributed by atoms with Crippen molar-refractivity contribution in [3.63, 3.8) is 0 Å². The lowest BCUT2D eigenvalue weighted by Crippen LogP contribution is -2.00. The van der Waals surface area contributed by atoms with Gasteiger partial charge in [-0.3, -0.25) is 0 Å². The van der Waals surface area contributed by atoms with Crippen molar-refractivity contribution in [1.82, 2.24) is 4.98 Å². The summed E-state index contributed by atoms with van der Waals surface area (Å²) in [5.74, 6) is -1.12.